The van der Waals surface area contributed by atoms with Gasteiger partial charge >= 0.3 is 0 Å². The number of fused-ring (bicyclic) bond motifs is 1. The summed E-state index contributed by atoms with van der Waals surface area (Å²) in [5.41, 5.74) is 1.82. The van der Waals surface area contributed by atoms with Crippen molar-refractivity contribution in [3.8, 4) is 0 Å². The summed E-state index contributed by atoms with van der Waals surface area (Å²) in [5, 5.41) is 12.3. The van der Waals surface area contributed by atoms with Crippen LogP contribution in [-0.4, -0.2) is 32.5 Å². The second-order valence-electron chi connectivity index (χ2n) is 3.63. The van der Waals surface area contributed by atoms with Gasteiger partial charge in [-0.15, -0.1) is 0 Å². The van der Waals surface area contributed by atoms with E-state index < -0.39 is 10.8 Å². The molecule has 2 aromatic rings. The largest absolute Gasteiger partial charge is 0.382 e. The van der Waals surface area contributed by atoms with Crippen LogP contribution in [0.2, 0.25) is 0 Å². The third kappa shape index (κ3) is 3.00. The number of anilines is 1. The molecule has 1 aromatic carbocycles. The summed E-state index contributed by atoms with van der Waals surface area (Å²) in [7, 11) is -0.733. The Morgan fingerprint density at radius 2 is 2.18 bits per heavy atom. The zero-order chi connectivity index (χ0) is 12.1. The van der Waals surface area contributed by atoms with Crippen LogP contribution in [0.4, 0.5) is 5.69 Å². The zero-order valence-corrected chi connectivity index (χ0v) is 10.5. The number of rotatable bonds is 5. The quantitative estimate of drug-likeness (QED) is 0.878. The first-order valence-corrected chi connectivity index (χ1v) is 7.09. The number of benzene rings is 1. The number of hydrogen-bond donors (Lipinski definition) is 1. The van der Waals surface area contributed by atoms with E-state index in [-0.39, 0.29) is 0 Å². The van der Waals surface area contributed by atoms with E-state index in [2.05, 4.69) is 15.5 Å². The molecule has 0 fully saturated rings. The SMILES string of the molecule is CCS(=O)CCNc1cnnc2ccccc12. The Labute approximate surface area is 103 Å². The molecule has 0 bridgehead atoms. The molecule has 1 atom stereocenters. The van der Waals surface area contributed by atoms with Crippen LogP contribution in [0.15, 0.2) is 30.5 Å². The van der Waals surface area contributed by atoms with Gasteiger partial charge in [0.2, 0.25) is 0 Å². The maximum absolute atomic E-state index is 11.3. The molecule has 0 spiro atoms. The fourth-order valence-corrected chi connectivity index (χ4v) is 2.21. The van der Waals surface area contributed by atoms with Gasteiger partial charge in [0.25, 0.3) is 0 Å². The summed E-state index contributed by atoms with van der Waals surface area (Å²) in [4.78, 5) is 0. The average molecular weight is 249 g/mol. The molecule has 0 amide bonds. The highest BCUT2D eigenvalue weighted by molar-refractivity contribution is 7.84. The number of aromatic nitrogens is 2. The van der Waals surface area contributed by atoms with Gasteiger partial charge in [-0.05, 0) is 6.07 Å². The summed E-state index contributed by atoms with van der Waals surface area (Å²) in [6, 6.07) is 7.84. The molecule has 5 heteroatoms. The first-order valence-electron chi connectivity index (χ1n) is 5.60. The Kier molecular flexibility index (Phi) is 4.03. The van der Waals surface area contributed by atoms with Gasteiger partial charge < -0.3 is 5.32 Å². The second kappa shape index (κ2) is 5.72. The van der Waals surface area contributed by atoms with Crippen LogP contribution in [0.3, 0.4) is 0 Å². The summed E-state index contributed by atoms with van der Waals surface area (Å²) in [5.74, 6) is 1.37. The molecule has 1 unspecified atom stereocenters. The molecule has 1 heterocycles. The van der Waals surface area contributed by atoms with E-state index in [1.165, 1.54) is 0 Å². The van der Waals surface area contributed by atoms with Crippen LogP contribution in [-0.2, 0) is 10.8 Å². The average Bonchev–Trinajstić information content (AvgIpc) is 2.39. The molecule has 17 heavy (non-hydrogen) atoms. The minimum Gasteiger partial charge on any atom is -0.382 e. The van der Waals surface area contributed by atoms with Crippen molar-refractivity contribution in [2.45, 2.75) is 6.92 Å². The van der Waals surface area contributed by atoms with Crippen LogP contribution in [0.5, 0.6) is 0 Å². The summed E-state index contributed by atoms with van der Waals surface area (Å²) in [6.07, 6.45) is 1.71. The molecule has 0 saturated heterocycles. The van der Waals surface area contributed by atoms with Crippen molar-refractivity contribution in [2.75, 3.05) is 23.4 Å². The molecule has 0 aliphatic carbocycles. The highest BCUT2D eigenvalue weighted by Gasteiger charge is 2.02. The van der Waals surface area contributed by atoms with Crippen molar-refractivity contribution in [3.63, 3.8) is 0 Å². The Bertz CT molecular complexity index is 525. The number of hydrogen-bond acceptors (Lipinski definition) is 4. The Balaban J connectivity index is 2.11. The van der Waals surface area contributed by atoms with Crippen molar-refractivity contribution >= 4 is 27.4 Å². The van der Waals surface area contributed by atoms with E-state index in [1.807, 2.05) is 31.2 Å². The smallest absolute Gasteiger partial charge is 0.0950 e. The van der Waals surface area contributed by atoms with Crippen molar-refractivity contribution in [2.24, 2.45) is 0 Å². The van der Waals surface area contributed by atoms with Gasteiger partial charge in [0.05, 0.1) is 17.4 Å². The van der Waals surface area contributed by atoms with Crippen molar-refractivity contribution in [3.05, 3.63) is 30.5 Å². The molecule has 0 aliphatic rings. The molecule has 1 aromatic heterocycles. The van der Waals surface area contributed by atoms with Crippen LogP contribution in [0.1, 0.15) is 6.92 Å². The minimum atomic E-state index is -0.733. The highest BCUT2D eigenvalue weighted by atomic mass is 32.2. The fourth-order valence-electron chi connectivity index (χ4n) is 1.59. The molecule has 1 N–H and O–H groups in total. The maximum atomic E-state index is 11.3. The Morgan fingerprint density at radius 1 is 1.35 bits per heavy atom. The van der Waals surface area contributed by atoms with E-state index in [1.54, 1.807) is 6.20 Å². The van der Waals surface area contributed by atoms with E-state index in [0.29, 0.717) is 18.1 Å². The van der Waals surface area contributed by atoms with Crippen LogP contribution in [0, 0.1) is 0 Å². The molecule has 90 valence electrons. The lowest BCUT2D eigenvalue weighted by Gasteiger charge is -2.07. The molecule has 4 nitrogen and oxygen atoms in total. The van der Waals surface area contributed by atoms with Gasteiger partial charge in [-0.3, -0.25) is 4.21 Å². The van der Waals surface area contributed by atoms with E-state index in [4.69, 9.17) is 0 Å². The predicted octanol–water partition coefficient (Wildman–Crippen LogP) is 1.81. The molecular weight excluding hydrogens is 234 g/mol. The number of nitrogens with zero attached hydrogens (tertiary/aromatic N) is 2. The summed E-state index contributed by atoms with van der Waals surface area (Å²) >= 11 is 0. The van der Waals surface area contributed by atoms with Crippen LogP contribution >= 0.6 is 0 Å². The monoisotopic (exact) mass is 249 g/mol. The van der Waals surface area contributed by atoms with Gasteiger partial charge in [0.1, 0.15) is 0 Å². The Hall–Kier alpha value is -1.49. The molecule has 2 rings (SSSR count). The summed E-state index contributed by atoms with van der Waals surface area (Å²) < 4.78 is 11.3. The van der Waals surface area contributed by atoms with E-state index >= 15 is 0 Å². The first-order chi connectivity index (χ1) is 8.31. The van der Waals surface area contributed by atoms with E-state index in [0.717, 1.165) is 16.6 Å². The fraction of sp³-hybridized carbons (Fsp3) is 0.333. The van der Waals surface area contributed by atoms with Gasteiger partial charge in [0.15, 0.2) is 0 Å². The second-order valence-corrected chi connectivity index (χ2v) is 5.50. The lowest BCUT2D eigenvalue weighted by molar-refractivity contribution is 0.684. The zero-order valence-electron chi connectivity index (χ0n) is 9.72. The van der Waals surface area contributed by atoms with Gasteiger partial charge in [-0.1, -0.05) is 25.1 Å². The highest BCUT2D eigenvalue weighted by Crippen LogP contribution is 2.19. The molecule has 0 aliphatic heterocycles. The van der Waals surface area contributed by atoms with Gasteiger partial charge in [0, 0.05) is 34.2 Å². The Morgan fingerprint density at radius 3 is 3.00 bits per heavy atom. The third-order valence-corrected chi connectivity index (χ3v) is 3.82. The van der Waals surface area contributed by atoms with Crippen molar-refractivity contribution in [1.29, 1.82) is 0 Å². The topological polar surface area (TPSA) is 54.9 Å². The third-order valence-electron chi connectivity index (χ3n) is 2.51. The van der Waals surface area contributed by atoms with E-state index in [9.17, 15) is 4.21 Å². The minimum absolute atomic E-state index is 0.660. The standard InChI is InChI=1S/C12H15N3OS/c1-2-17(16)8-7-13-12-9-14-15-11-6-4-3-5-10(11)12/h3-6,9H,2,7-8H2,1H3,(H,13,15). The first kappa shape index (κ1) is 12.0. The van der Waals surface area contributed by atoms with Crippen molar-refractivity contribution in [1.82, 2.24) is 10.2 Å². The van der Waals surface area contributed by atoms with Crippen LogP contribution < -0.4 is 5.32 Å². The van der Waals surface area contributed by atoms with Gasteiger partial charge in [-0.25, -0.2) is 0 Å². The molecule has 0 radical (unpaired) electrons. The molecule has 0 saturated carbocycles. The van der Waals surface area contributed by atoms with Crippen molar-refractivity contribution < 1.29 is 4.21 Å². The lowest BCUT2D eigenvalue weighted by atomic mass is 10.2. The van der Waals surface area contributed by atoms with Crippen LogP contribution in [0.25, 0.3) is 10.9 Å². The number of nitrogens with one attached hydrogen (secondary N) is 1. The lowest BCUT2D eigenvalue weighted by Crippen LogP contribution is -2.12. The maximum Gasteiger partial charge on any atom is 0.0950 e. The van der Waals surface area contributed by atoms with Gasteiger partial charge in [-0.2, -0.15) is 10.2 Å². The molecular formula is C12H15N3OS. The predicted molar refractivity (Wildman–Crippen MR) is 71.6 cm³/mol. The normalized spacial score (nSPS) is 12.5. The summed E-state index contributed by atoms with van der Waals surface area (Å²) in [6.45, 7) is 2.62.